The van der Waals surface area contributed by atoms with E-state index in [0.29, 0.717) is 4.90 Å². The highest BCUT2D eigenvalue weighted by Gasteiger charge is 2.08. The van der Waals surface area contributed by atoms with Crippen LogP contribution >= 0.6 is 12.0 Å². The van der Waals surface area contributed by atoms with Gasteiger partial charge in [-0.2, -0.15) is 0 Å². The summed E-state index contributed by atoms with van der Waals surface area (Å²) in [4.78, 5) is 11.2. The van der Waals surface area contributed by atoms with Gasteiger partial charge in [-0.05, 0) is 12.1 Å². The number of benzene rings is 1. The van der Waals surface area contributed by atoms with Crippen LogP contribution in [-0.2, 0) is 4.18 Å². The summed E-state index contributed by atoms with van der Waals surface area (Å²) in [5, 5.41) is 8.72. The van der Waals surface area contributed by atoms with Gasteiger partial charge in [-0.1, -0.05) is 12.1 Å². The fourth-order valence-corrected chi connectivity index (χ4v) is 1.36. The van der Waals surface area contributed by atoms with Crippen molar-refractivity contribution in [3.63, 3.8) is 0 Å². The molecule has 3 nitrogen and oxygen atoms in total. The second kappa shape index (κ2) is 4.13. The summed E-state index contributed by atoms with van der Waals surface area (Å²) < 4.78 is 4.77. The third-order valence-corrected chi connectivity index (χ3v) is 1.99. The number of carboxylic acids is 1. The molecule has 1 N–H and O–H groups in total. The largest absolute Gasteiger partial charge is 0.478 e. The number of carbonyl (C=O) groups is 1. The highest BCUT2D eigenvalue weighted by Crippen LogP contribution is 2.22. The summed E-state index contributed by atoms with van der Waals surface area (Å²) >= 11 is 1.05. The van der Waals surface area contributed by atoms with Gasteiger partial charge < -0.3 is 9.29 Å². The Balaban J connectivity index is 3.00. The standard InChI is InChI=1S/C8H8O3S/c1-11-12-7-5-3-2-4-6(7)8(9)10/h2-5H,1H3,(H,9,10). The molecule has 0 radical (unpaired) electrons. The first kappa shape index (κ1) is 9.09. The van der Waals surface area contributed by atoms with E-state index in [1.54, 1.807) is 24.3 Å². The minimum Gasteiger partial charge on any atom is -0.478 e. The van der Waals surface area contributed by atoms with Crippen molar-refractivity contribution >= 4 is 18.0 Å². The normalized spacial score (nSPS) is 9.75. The zero-order chi connectivity index (χ0) is 8.97. The summed E-state index contributed by atoms with van der Waals surface area (Å²) in [6.45, 7) is 0. The molecule has 1 rings (SSSR count). The Morgan fingerprint density at radius 2 is 2.17 bits per heavy atom. The summed E-state index contributed by atoms with van der Waals surface area (Å²) in [7, 11) is 1.50. The number of hydrogen-bond acceptors (Lipinski definition) is 3. The van der Waals surface area contributed by atoms with Gasteiger partial charge in [-0.3, -0.25) is 0 Å². The molecule has 4 heteroatoms. The molecule has 0 saturated heterocycles. The Morgan fingerprint density at radius 3 is 2.75 bits per heavy atom. The van der Waals surface area contributed by atoms with E-state index in [-0.39, 0.29) is 5.56 Å². The molecule has 0 amide bonds. The van der Waals surface area contributed by atoms with E-state index in [9.17, 15) is 4.79 Å². The topological polar surface area (TPSA) is 46.5 Å². The molecule has 0 heterocycles. The lowest BCUT2D eigenvalue weighted by Crippen LogP contribution is -1.97. The second-order valence-electron chi connectivity index (χ2n) is 2.05. The Morgan fingerprint density at radius 1 is 1.50 bits per heavy atom. The highest BCUT2D eigenvalue weighted by atomic mass is 32.2. The maximum Gasteiger partial charge on any atom is 0.336 e. The van der Waals surface area contributed by atoms with E-state index in [4.69, 9.17) is 9.29 Å². The van der Waals surface area contributed by atoms with Gasteiger partial charge in [0.05, 0.1) is 12.7 Å². The van der Waals surface area contributed by atoms with E-state index in [1.165, 1.54) is 7.11 Å². The van der Waals surface area contributed by atoms with E-state index in [0.717, 1.165) is 12.0 Å². The summed E-state index contributed by atoms with van der Waals surface area (Å²) in [5.41, 5.74) is 0.268. The van der Waals surface area contributed by atoms with Crippen LogP contribution in [0.2, 0.25) is 0 Å². The summed E-state index contributed by atoms with van der Waals surface area (Å²) in [6.07, 6.45) is 0. The molecule has 12 heavy (non-hydrogen) atoms. The van der Waals surface area contributed by atoms with Crippen molar-refractivity contribution in [2.45, 2.75) is 4.90 Å². The van der Waals surface area contributed by atoms with Gasteiger partial charge in [0.25, 0.3) is 0 Å². The van der Waals surface area contributed by atoms with Crippen LogP contribution in [0.1, 0.15) is 10.4 Å². The van der Waals surface area contributed by atoms with Gasteiger partial charge >= 0.3 is 5.97 Å². The molecule has 1 aromatic rings. The number of carboxylic acid groups (broad SMARTS) is 1. The van der Waals surface area contributed by atoms with Crippen LogP contribution in [0.3, 0.4) is 0 Å². The van der Waals surface area contributed by atoms with Crippen LogP contribution in [0.4, 0.5) is 0 Å². The molecule has 0 fully saturated rings. The average Bonchev–Trinajstić information content (AvgIpc) is 2.05. The average molecular weight is 184 g/mol. The quantitative estimate of drug-likeness (QED) is 0.730. The van der Waals surface area contributed by atoms with E-state index in [2.05, 4.69) is 0 Å². The van der Waals surface area contributed by atoms with Gasteiger partial charge in [0.2, 0.25) is 0 Å². The third-order valence-electron chi connectivity index (χ3n) is 1.29. The Labute approximate surface area is 74.6 Å². The van der Waals surface area contributed by atoms with Crippen LogP contribution in [0.15, 0.2) is 29.2 Å². The van der Waals surface area contributed by atoms with Gasteiger partial charge in [-0.25, -0.2) is 4.79 Å². The predicted molar refractivity (Wildman–Crippen MR) is 46.3 cm³/mol. The third kappa shape index (κ3) is 1.99. The zero-order valence-electron chi connectivity index (χ0n) is 6.48. The highest BCUT2D eigenvalue weighted by molar-refractivity contribution is 7.94. The molecule has 64 valence electrons. The molecule has 0 aromatic heterocycles. The van der Waals surface area contributed by atoms with Crippen molar-refractivity contribution in [1.29, 1.82) is 0 Å². The summed E-state index contributed by atoms with van der Waals surface area (Å²) in [5.74, 6) is -0.935. The number of hydrogen-bond donors (Lipinski definition) is 1. The monoisotopic (exact) mass is 184 g/mol. The van der Waals surface area contributed by atoms with Crippen molar-refractivity contribution in [2.75, 3.05) is 7.11 Å². The van der Waals surface area contributed by atoms with Crippen molar-refractivity contribution in [3.8, 4) is 0 Å². The van der Waals surface area contributed by atoms with Crippen molar-refractivity contribution in [1.82, 2.24) is 0 Å². The lowest BCUT2D eigenvalue weighted by atomic mass is 10.2. The van der Waals surface area contributed by atoms with Crippen molar-refractivity contribution < 1.29 is 14.1 Å². The number of rotatable bonds is 3. The molecule has 0 atom stereocenters. The molecule has 0 aliphatic rings. The number of aromatic carboxylic acids is 1. The molecule has 1 aromatic carbocycles. The molecule has 0 saturated carbocycles. The van der Waals surface area contributed by atoms with Crippen LogP contribution in [-0.4, -0.2) is 18.2 Å². The molecule has 0 spiro atoms. The first-order valence-electron chi connectivity index (χ1n) is 3.28. The Kier molecular flexibility index (Phi) is 3.13. The molecule has 0 aliphatic heterocycles. The van der Waals surface area contributed by atoms with E-state index < -0.39 is 5.97 Å². The Hall–Kier alpha value is -1.00. The molecular weight excluding hydrogens is 176 g/mol. The van der Waals surface area contributed by atoms with Crippen LogP contribution < -0.4 is 0 Å². The van der Waals surface area contributed by atoms with Gasteiger partial charge in [0, 0.05) is 16.9 Å². The molecule has 0 bridgehead atoms. The lowest BCUT2D eigenvalue weighted by molar-refractivity contribution is 0.0693. The lowest BCUT2D eigenvalue weighted by Gasteiger charge is -2.01. The minimum atomic E-state index is -0.935. The molecule has 0 aliphatic carbocycles. The molecular formula is C8H8O3S. The maximum atomic E-state index is 10.6. The van der Waals surface area contributed by atoms with Gasteiger partial charge in [-0.15, -0.1) is 0 Å². The maximum absolute atomic E-state index is 10.6. The van der Waals surface area contributed by atoms with Gasteiger partial charge in [0.15, 0.2) is 0 Å². The van der Waals surface area contributed by atoms with Crippen LogP contribution in [0.25, 0.3) is 0 Å². The SMILES string of the molecule is COSc1ccccc1C(=O)O. The first-order valence-corrected chi connectivity index (χ1v) is 4.03. The summed E-state index contributed by atoms with van der Waals surface area (Å²) in [6, 6.07) is 6.71. The van der Waals surface area contributed by atoms with E-state index >= 15 is 0 Å². The smallest absolute Gasteiger partial charge is 0.336 e. The van der Waals surface area contributed by atoms with Crippen LogP contribution in [0, 0.1) is 0 Å². The fraction of sp³-hybridized carbons (Fsp3) is 0.125. The predicted octanol–water partition coefficient (Wildman–Crippen LogP) is 2.04. The zero-order valence-corrected chi connectivity index (χ0v) is 7.30. The minimum absolute atomic E-state index is 0.268. The van der Waals surface area contributed by atoms with Gasteiger partial charge in [0.1, 0.15) is 0 Å². The first-order chi connectivity index (χ1) is 5.75. The van der Waals surface area contributed by atoms with E-state index in [1.807, 2.05) is 0 Å². The fourth-order valence-electron chi connectivity index (χ4n) is 0.806. The Bertz CT molecular complexity index is 285. The second-order valence-corrected chi connectivity index (χ2v) is 2.99. The van der Waals surface area contributed by atoms with Crippen molar-refractivity contribution in [2.24, 2.45) is 0 Å². The van der Waals surface area contributed by atoms with Crippen LogP contribution in [0.5, 0.6) is 0 Å². The van der Waals surface area contributed by atoms with Crippen molar-refractivity contribution in [3.05, 3.63) is 29.8 Å². The molecule has 0 unspecified atom stereocenters.